The van der Waals surface area contributed by atoms with E-state index in [1.807, 2.05) is 6.92 Å². The molecule has 1 aromatic carbocycles. The molecule has 0 bridgehead atoms. The maximum atomic E-state index is 13.5. The first-order chi connectivity index (χ1) is 11.7. The van der Waals surface area contributed by atoms with Crippen LogP contribution in [0.5, 0.6) is 0 Å². The van der Waals surface area contributed by atoms with Crippen LogP contribution in [-0.2, 0) is 14.6 Å². The number of amides is 1. The number of anilines is 1. The van der Waals surface area contributed by atoms with Gasteiger partial charge in [-0.25, -0.2) is 12.8 Å². The van der Waals surface area contributed by atoms with Crippen molar-refractivity contribution in [2.75, 3.05) is 16.4 Å². The summed E-state index contributed by atoms with van der Waals surface area (Å²) in [5.41, 5.74) is 0.541. The second kappa shape index (κ2) is 6.89. The number of carbonyl (C=O) groups is 1. The Morgan fingerprint density at radius 3 is 2.84 bits per heavy atom. The smallest absolute Gasteiger partial charge is 0.250 e. The molecule has 136 valence electrons. The number of hydrogen-bond acceptors (Lipinski definition) is 4. The number of carbonyl (C=O) groups excluding carboxylic acids is 1. The van der Waals surface area contributed by atoms with Crippen LogP contribution in [0.25, 0.3) is 0 Å². The number of benzene rings is 1. The van der Waals surface area contributed by atoms with Crippen LogP contribution in [0.1, 0.15) is 20.3 Å². The van der Waals surface area contributed by atoms with Gasteiger partial charge in [0.05, 0.1) is 22.6 Å². The summed E-state index contributed by atoms with van der Waals surface area (Å²) >= 11 is 7.18. The van der Waals surface area contributed by atoms with Crippen LogP contribution >= 0.6 is 23.4 Å². The van der Waals surface area contributed by atoms with Gasteiger partial charge in [-0.15, -0.1) is 0 Å². The van der Waals surface area contributed by atoms with Crippen LogP contribution < -0.4 is 4.90 Å². The van der Waals surface area contributed by atoms with Crippen molar-refractivity contribution in [1.82, 2.24) is 0 Å². The Morgan fingerprint density at radius 2 is 2.20 bits per heavy atom. The van der Waals surface area contributed by atoms with Gasteiger partial charge in [0.25, 0.3) is 5.91 Å². The first kappa shape index (κ1) is 18.7. The fraction of sp³-hybridized carbons (Fsp3) is 0.500. The van der Waals surface area contributed by atoms with E-state index in [0.717, 1.165) is 0 Å². The Bertz CT molecular complexity index is 844. The molecular weight excluding hydrogens is 387 g/mol. The van der Waals surface area contributed by atoms with Crippen molar-refractivity contribution in [1.29, 1.82) is 0 Å². The van der Waals surface area contributed by atoms with Gasteiger partial charge in [-0.2, -0.15) is 4.99 Å². The Hall–Kier alpha value is -1.12. The van der Waals surface area contributed by atoms with Gasteiger partial charge in [-0.05, 0) is 24.6 Å². The molecule has 0 N–H and O–H groups in total. The third-order valence-electron chi connectivity index (χ3n) is 4.49. The topological polar surface area (TPSA) is 66.8 Å². The molecule has 2 fully saturated rings. The second-order valence-electron chi connectivity index (χ2n) is 6.31. The van der Waals surface area contributed by atoms with E-state index < -0.39 is 15.7 Å². The van der Waals surface area contributed by atoms with E-state index in [-0.39, 0.29) is 39.6 Å². The molecule has 5 nitrogen and oxygen atoms in total. The monoisotopic (exact) mass is 404 g/mol. The molecule has 0 aliphatic carbocycles. The van der Waals surface area contributed by atoms with Crippen molar-refractivity contribution < 1.29 is 17.6 Å². The number of fused-ring (bicyclic) bond motifs is 1. The van der Waals surface area contributed by atoms with E-state index in [0.29, 0.717) is 17.3 Å². The summed E-state index contributed by atoms with van der Waals surface area (Å²) in [4.78, 5) is 18.2. The number of thioether (sulfide) groups is 1. The highest BCUT2D eigenvalue weighted by atomic mass is 35.5. The third kappa shape index (κ3) is 3.71. The molecule has 2 aliphatic heterocycles. The van der Waals surface area contributed by atoms with E-state index in [1.54, 1.807) is 11.8 Å². The minimum Gasteiger partial charge on any atom is -0.316 e. The van der Waals surface area contributed by atoms with Crippen molar-refractivity contribution in [2.45, 2.75) is 31.6 Å². The Labute approximate surface area is 155 Å². The molecule has 3 rings (SSSR count). The van der Waals surface area contributed by atoms with Gasteiger partial charge in [0.1, 0.15) is 5.82 Å². The number of aliphatic imine (C=N–C) groups is 1. The zero-order valence-electron chi connectivity index (χ0n) is 13.8. The van der Waals surface area contributed by atoms with Gasteiger partial charge < -0.3 is 4.90 Å². The zero-order valence-corrected chi connectivity index (χ0v) is 16.2. The Balaban J connectivity index is 2.02. The normalized spacial score (nSPS) is 27.5. The lowest BCUT2D eigenvalue weighted by Gasteiger charge is -2.25. The number of rotatable bonds is 3. The highest BCUT2D eigenvalue weighted by Gasteiger charge is 2.49. The summed E-state index contributed by atoms with van der Waals surface area (Å²) in [6.45, 7) is 3.71. The molecule has 1 amide bonds. The standard InChI is InChI=1S/C16H18ClFN2O3S2/c1-3-9(2)15(21)19-16-20(10-4-5-12(18)11(17)6-10)13-7-25(22,23)8-14(13)24-16/h4-6,9,13-14H,3,7-8H2,1-2H3. The summed E-state index contributed by atoms with van der Waals surface area (Å²) in [5, 5.41) is 0.203. The average Bonchev–Trinajstić information content (AvgIpc) is 3.00. The molecule has 2 aliphatic rings. The quantitative estimate of drug-likeness (QED) is 0.774. The van der Waals surface area contributed by atoms with Crippen LogP contribution in [0, 0.1) is 11.7 Å². The van der Waals surface area contributed by atoms with E-state index >= 15 is 0 Å². The van der Waals surface area contributed by atoms with Gasteiger partial charge in [0, 0.05) is 16.9 Å². The molecule has 3 atom stereocenters. The minimum absolute atomic E-state index is 0.0177. The van der Waals surface area contributed by atoms with Crippen LogP contribution in [0.3, 0.4) is 0 Å². The summed E-state index contributed by atoms with van der Waals surface area (Å²) in [7, 11) is -3.15. The number of sulfone groups is 1. The number of hydrogen-bond donors (Lipinski definition) is 0. The van der Waals surface area contributed by atoms with Gasteiger partial charge in [0.15, 0.2) is 15.0 Å². The predicted octanol–water partition coefficient (Wildman–Crippen LogP) is 3.13. The lowest BCUT2D eigenvalue weighted by Crippen LogP contribution is -2.37. The van der Waals surface area contributed by atoms with Crippen LogP contribution in [0.15, 0.2) is 23.2 Å². The minimum atomic E-state index is -3.15. The molecule has 0 spiro atoms. The number of halogens is 2. The summed E-state index contributed by atoms with van der Waals surface area (Å²) in [6, 6.07) is 3.86. The van der Waals surface area contributed by atoms with Crippen molar-refractivity contribution >= 4 is 50.0 Å². The third-order valence-corrected chi connectivity index (χ3v) is 7.99. The first-order valence-electron chi connectivity index (χ1n) is 7.95. The molecule has 9 heteroatoms. The molecule has 0 saturated carbocycles. The molecule has 0 radical (unpaired) electrons. The highest BCUT2D eigenvalue weighted by molar-refractivity contribution is 8.16. The summed E-state index contributed by atoms with van der Waals surface area (Å²) < 4.78 is 37.5. The largest absolute Gasteiger partial charge is 0.316 e. The van der Waals surface area contributed by atoms with E-state index in [9.17, 15) is 17.6 Å². The van der Waals surface area contributed by atoms with E-state index in [2.05, 4.69) is 4.99 Å². The number of nitrogens with zero attached hydrogens (tertiary/aromatic N) is 2. The predicted molar refractivity (Wildman–Crippen MR) is 99.6 cm³/mol. The van der Waals surface area contributed by atoms with Crippen molar-refractivity contribution in [2.24, 2.45) is 10.9 Å². The molecule has 1 aromatic rings. The lowest BCUT2D eigenvalue weighted by atomic mass is 10.1. The SMILES string of the molecule is CCC(C)C(=O)N=C1SC2CS(=O)(=O)CC2N1c1ccc(F)c(Cl)c1. The van der Waals surface area contributed by atoms with Gasteiger partial charge >= 0.3 is 0 Å². The van der Waals surface area contributed by atoms with Crippen molar-refractivity contribution in [3.63, 3.8) is 0 Å². The average molecular weight is 405 g/mol. The summed E-state index contributed by atoms with van der Waals surface area (Å²) in [5.74, 6) is -0.982. The molecule has 3 unspecified atom stereocenters. The van der Waals surface area contributed by atoms with E-state index in [4.69, 9.17) is 11.6 Å². The fourth-order valence-corrected chi connectivity index (χ4v) is 6.97. The maximum absolute atomic E-state index is 13.5. The van der Waals surface area contributed by atoms with Crippen LogP contribution in [0.2, 0.25) is 5.02 Å². The lowest BCUT2D eigenvalue weighted by molar-refractivity contribution is -0.121. The highest BCUT2D eigenvalue weighted by Crippen LogP contribution is 2.41. The van der Waals surface area contributed by atoms with Crippen LogP contribution in [0.4, 0.5) is 10.1 Å². The maximum Gasteiger partial charge on any atom is 0.250 e. The van der Waals surface area contributed by atoms with E-state index in [1.165, 1.54) is 30.0 Å². The molecule has 2 saturated heterocycles. The zero-order chi connectivity index (χ0) is 18.4. The van der Waals surface area contributed by atoms with Gasteiger partial charge in [-0.3, -0.25) is 4.79 Å². The van der Waals surface area contributed by atoms with Gasteiger partial charge in [0.2, 0.25) is 0 Å². The Morgan fingerprint density at radius 1 is 1.48 bits per heavy atom. The summed E-state index contributed by atoms with van der Waals surface area (Å²) in [6.07, 6.45) is 0.671. The fourth-order valence-electron chi connectivity index (χ4n) is 2.88. The molecule has 25 heavy (non-hydrogen) atoms. The van der Waals surface area contributed by atoms with Crippen molar-refractivity contribution in [3.05, 3.63) is 29.0 Å². The molecule has 2 heterocycles. The van der Waals surface area contributed by atoms with Crippen LogP contribution in [-0.4, -0.2) is 42.3 Å². The first-order valence-corrected chi connectivity index (χ1v) is 11.0. The Kier molecular flexibility index (Phi) is 5.14. The van der Waals surface area contributed by atoms with Crippen molar-refractivity contribution in [3.8, 4) is 0 Å². The number of amidine groups is 1. The second-order valence-corrected chi connectivity index (χ2v) is 10.1. The molecule has 0 aromatic heterocycles. The molecular formula is C16H18ClFN2O3S2. The van der Waals surface area contributed by atoms with Gasteiger partial charge in [-0.1, -0.05) is 37.2 Å².